The van der Waals surface area contributed by atoms with E-state index < -0.39 is 22.4 Å². The number of methoxy groups -OCH3 is 2. The Hall–Kier alpha value is -2.80. The van der Waals surface area contributed by atoms with Crippen LogP contribution in [0.15, 0.2) is 64.0 Å². The van der Waals surface area contributed by atoms with Crippen LogP contribution in [0.25, 0.3) is 0 Å². The molecule has 0 amide bonds. The van der Waals surface area contributed by atoms with Gasteiger partial charge in [0.25, 0.3) is 0 Å². The number of hydrogen-bond acceptors (Lipinski definition) is 6. The highest BCUT2D eigenvalue weighted by Crippen LogP contribution is 2.32. The molecule has 0 bridgehead atoms. The Balaban J connectivity index is 2.21. The van der Waals surface area contributed by atoms with E-state index in [9.17, 15) is 13.8 Å². The van der Waals surface area contributed by atoms with E-state index in [1.54, 1.807) is 30.3 Å². The third kappa shape index (κ3) is 2.43. The van der Waals surface area contributed by atoms with Gasteiger partial charge in [-0.15, -0.1) is 0 Å². The number of carbonyl (C=O) groups is 2. The molecule has 1 aromatic carbocycles. The summed E-state index contributed by atoms with van der Waals surface area (Å²) in [4.78, 5) is 29.6. The van der Waals surface area contributed by atoms with Crippen molar-refractivity contribution in [1.29, 1.82) is 0 Å². The van der Waals surface area contributed by atoms with Gasteiger partial charge < -0.3 is 9.47 Å². The second-order valence-electron chi connectivity index (χ2n) is 4.84. The highest BCUT2D eigenvalue weighted by molar-refractivity contribution is 7.85. The third-order valence-corrected chi connectivity index (χ3v) is 4.91. The second-order valence-corrected chi connectivity index (χ2v) is 6.24. The molecule has 1 aliphatic rings. The normalized spacial score (nSPS) is 15.1. The molecular formula is C17H13NO5S. The zero-order valence-electron chi connectivity index (χ0n) is 12.9. The summed E-state index contributed by atoms with van der Waals surface area (Å²) in [6, 6.07) is 9.61. The van der Waals surface area contributed by atoms with Gasteiger partial charge in [0.05, 0.1) is 24.7 Å². The minimum Gasteiger partial charge on any atom is -0.489 e. The first-order valence-corrected chi connectivity index (χ1v) is 8.12. The Labute approximate surface area is 140 Å². The maximum absolute atomic E-state index is 12.8. The molecule has 0 saturated heterocycles. The highest BCUT2D eigenvalue weighted by Gasteiger charge is 2.37. The van der Waals surface area contributed by atoms with Gasteiger partial charge in [-0.05, 0) is 18.2 Å². The number of nitrogens with zero attached hydrogens (tertiary/aromatic N) is 1. The van der Waals surface area contributed by atoms with E-state index in [-0.39, 0.29) is 27.5 Å². The Morgan fingerprint density at radius 2 is 1.62 bits per heavy atom. The van der Waals surface area contributed by atoms with Gasteiger partial charge in [-0.25, -0.2) is 9.19 Å². The van der Waals surface area contributed by atoms with Gasteiger partial charge in [-0.3, -0.25) is 9.59 Å². The van der Waals surface area contributed by atoms with E-state index in [4.69, 9.17) is 9.47 Å². The van der Waals surface area contributed by atoms with Crippen LogP contribution >= 0.6 is 0 Å². The maximum Gasteiger partial charge on any atom is 0.233 e. The Morgan fingerprint density at radius 1 is 0.917 bits per heavy atom. The number of benzene rings is 1. The van der Waals surface area contributed by atoms with Crippen LogP contribution in [0.3, 0.4) is 0 Å². The lowest BCUT2D eigenvalue weighted by atomic mass is 9.92. The first-order valence-electron chi connectivity index (χ1n) is 6.97. The zero-order valence-corrected chi connectivity index (χ0v) is 13.8. The minimum absolute atomic E-state index is 0.0594. The number of fused-ring (bicyclic) bond motifs is 1. The smallest absolute Gasteiger partial charge is 0.233 e. The molecule has 1 aromatic heterocycles. The van der Waals surface area contributed by atoms with Gasteiger partial charge >= 0.3 is 0 Å². The fourth-order valence-electron chi connectivity index (χ4n) is 2.49. The average Bonchev–Trinajstić information content (AvgIpc) is 2.63. The molecule has 0 saturated carbocycles. The molecule has 1 unspecified atom stereocenters. The van der Waals surface area contributed by atoms with Crippen molar-refractivity contribution < 1.29 is 23.3 Å². The van der Waals surface area contributed by atoms with Gasteiger partial charge in [0.2, 0.25) is 23.1 Å². The molecule has 1 atom stereocenters. The Morgan fingerprint density at radius 3 is 2.25 bits per heavy atom. The average molecular weight is 343 g/mol. The van der Waals surface area contributed by atoms with Crippen molar-refractivity contribution in [1.82, 2.24) is 4.98 Å². The van der Waals surface area contributed by atoms with Crippen molar-refractivity contribution in [3.05, 3.63) is 65.2 Å². The quantitative estimate of drug-likeness (QED) is 0.846. The van der Waals surface area contributed by atoms with Crippen LogP contribution in [0, 0.1) is 0 Å². The molecule has 24 heavy (non-hydrogen) atoms. The summed E-state index contributed by atoms with van der Waals surface area (Å²) in [7, 11) is 0.868. The van der Waals surface area contributed by atoms with Gasteiger partial charge in [-0.2, -0.15) is 0 Å². The predicted molar refractivity (Wildman–Crippen MR) is 85.1 cm³/mol. The highest BCUT2D eigenvalue weighted by atomic mass is 32.2. The van der Waals surface area contributed by atoms with Crippen LogP contribution in [-0.2, 0) is 20.3 Å². The summed E-state index contributed by atoms with van der Waals surface area (Å²) in [5, 5.41) is 0.298. The minimum atomic E-state index is -1.71. The van der Waals surface area contributed by atoms with Gasteiger partial charge in [0.15, 0.2) is 0 Å². The molecule has 122 valence electrons. The number of pyridine rings is 1. The van der Waals surface area contributed by atoms with Crippen molar-refractivity contribution >= 4 is 22.4 Å². The van der Waals surface area contributed by atoms with Crippen LogP contribution in [-0.4, -0.2) is 35.0 Å². The van der Waals surface area contributed by atoms with E-state index in [0.717, 1.165) is 0 Å². The lowest BCUT2D eigenvalue weighted by Crippen LogP contribution is -2.25. The monoisotopic (exact) mass is 343 g/mol. The van der Waals surface area contributed by atoms with Gasteiger partial charge in [0.1, 0.15) is 15.8 Å². The summed E-state index contributed by atoms with van der Waals surface area (Å²) in [6.07, 6.45) is 1.51. The maximum atomic E-state index is 12.8. The molecular weight excluding hydrogens is 330 g/mol. The Bertz CT molecular complexity index is 889. The fraction of sp³-hybridized carbons (Fsp3) is 0.118. The van der Waals surface area contributed by atoms with Crippen LogP contribution in [0.4, 0.5) is 0 Å². The predicted octanol–water partition coefficient (Wildman–Crippen LogP) is 2.13. The molecule has 1 heterocycles. The molecule has 7 heteroatoms. The van der Waals surface area contributed by atoms with Gasteiger partial charge in [0, 0.05) is 11.8 Å². The molecule has 6 nitrogen and oxygen atoms in total. The van der Waals surface area contributed by atoms with Crippen molar-refractivity contribution in [2.24, 2.45) is 0 Å². The molecule has 0 spiro atoms. The number of aromatic nitrogens is 1. The molecule has 1 aliphatic carbocycles. The molecule has 0 fully saturated rings. The van der Waals surface area contributed by atoms with E-state index in [2.05, 4.69) is 4.98 Å². The number of carbonyl (C=O) groups excluding carboxylic acids is 2. The largest absolute Gasteiger partial charge is 0.489 e. The number of hydrogen-bond donors (Lipinski definition) is 0. The number of ether oxygens (including phenoxy) is 2. The van der Waals surface area contributed by atoms with Crippen molar-refractivity contribution in [2.75, 3.05) is 14.2 Å². The molecule has 3 rings (SSSR count). The third-order valence-electron chi connectivity index (χ3n) is 3.55. The van der Waals surface area contributed by atoms with Gasteiger partial charge in [-0.1, -0.05) is 18.2 Å². The summed E-state index contributed by atoms with van der Waals surface area (Å²) in [5.41, 5.74) is 0.198. The van der Waals surface area contributed by atoms with Crippen molar-refractivity contribution in [2.45, 2.75) is 9.92 Å². The Kier molecular flexibility index (Phi) is 4.26. The lowest BCUT2D eigenvalue weighted by Gasteiger charge is -2.20. The summed E-state index contributed by atoms with van der Waals surface area (Å²) in [5.74, 6) is -1.37. The number of Topliss-reactive ketones (excluding diaryl/α,β-unsaturated/α-hetero) is 2. The number of rotatable bonds is 4. The van der Waals surface area contributed by atoms with Crippen LogP contribution in [0.5, 0.6) is 0 Å². The standard InChI is InChI=1S/C17H13NO5S/c1-22-16-14(19)10-6-5-7-11(13(10)15(20)17(16)23-2)24(21)12-8-3-4-9-18-12/h3-9H,1-2H3. The first-order chi connectivity index (χ1) is 11.6. The molecule has 0 radical (unpaired) electrons. The second kappa shape index (κ2) is 6.37. The van der Waals surface area contributed by atoms with Crippen LogP contribution in [0.2, 0.25) is 0 Å². The lowest BCUT2D eigenvalue weighted by molar-refractivity contribution is 0.0826. The summed E-state index contributed by atoms with van der Waals surface area (Å²) >= 11 is 0. The zero-order chi connectivity index (χ0) is 17.3. The first kappa shape index (κ1) is 16.1. The number of ketones is 2. The van der Waals surface area contributed by atoms with E-state index in [1.807, 2.05) is 0 Å². The molecule has 0 aliphatic heterocycles. The summed E-state index contributed by atoms with van der Waals surface area (Å²) < 4.78 is 22.9. The SMILES string of the molecule is COC1=C(OC)C(=O)c2c(cccc2S(=O)c2ccccn2)C1=O. The fourth-order valence-corrected chi connectivity index (χ4v) is 3.67. The number of allylic oxidation sites excluding steroid dienone is 2. The van der Waals surface area contributed by atoms with E-state index in [0.29, 0.717) is 5.03 Å². The van der Waals surface area contributed by atoms with Crippen LogP contribution in [0.1, 0.15) is 20.7 Å². The molecule has 0 N–H and O–H groups in total. The van der Waals surface area contributed by atoms with E-state index >= 15 is 0 Å². The van der Waals surface area contributed by atoms with Crippen molar-refractivity contribution in [3.63, 3.8) is 0 Å². The van der Waals surface area contributed by atoms with Crippen molar-refractivity contribution in [3.8, 4) is 0 Å². The van der Waals surface area contributed by atoms with Crippen LogP contribution < -0.4 is 0 Å². The topological polar surface area (TPSA) is 82.6 Å². The molecule has 2 aromatic rings. The summed E-state index contributed by atoms with van der Waals surface area (Å²) in [6.45, 7) is 0. The van der Waals surface area contributed by atoms with E-state index in [1.165, 1.54) is 26.5 Å².